The van der Waals surface area contributed by atoms with Crippen molar-refractivity contribution < 1.29 is 29.0 Å². The van der Waals surface area contributed by atoms with Crippen LogP contribution in [0.3, 0.4) is 0 Å². The van der Waals surface area contributed by atoms with E-state index in [9.17, 15) is 14.4 Å². The molecule has 0 saturated heterocycles. The normalized spacial score (nSPS) is 13.0. The zero-order valence-corrected chi connectivity index (χ0v) is 18.0. The molecule has 3 rings (SSSR count). The average molecular weight is 440 g/mol. The smallest absolute Gasteiger partial charge is 0.407 e. The van der Waals surface area contributed by atoms with E-state index >= 15 is 0 Å². The van der Waals surface area contributed by atoms with Crippen LogP contribution < -0.4 is 10.6 Å². The van der Waals surface area contributed by atoms with Gasteiger partial charge < -0.3 is 25.2 Å². The highest BCUT2D eigenvalue weighted by molar-refractivity contribution is 5.85. The van der Waals surface area contributed by atoms with Crippen LogP contribution in [-0.2, 0) is 19.1 Å². The molecule has 8 nitrogen and oxygen atoms in total. The SMILES string of the molecule is CC[C@@H](NC(=O)OCC1c2ccccc2-c2ccccc21)C(=O)NCCOCCC(=O)O. The van der Waals surface area contributed by atoms with Crippen LogP contribution in [0.25, 0.3) is 11.1 Å². The molecule has 0 aliphatic heterocycles. The van der Waals surface area contributed by atoms with Gasteiger partial charge in [0.2, 0.25) is 5.91 Å². The standard InChI is InChI=1S/C24H28N2O6/c1-2-21(23(29)25-12-14-31-13-11-22(27)28)26-24(30)32-15-20-18-9-5-3-7-16(18)17-8-4-6-10-19(17)20/h3-10,20-21H,2,11-15H2,1H3,(H,25,29)(H,26,30)(H,27,28)/t21-/m1/s1. The minimum absolute atomic E-state index is 0.0509. The molecule has 0 fully saturated rings. The first kappa shape index (κ1) is 23.3. The summed E-state index contributed by atoms with van der Waals surface area (Å²) in [5.74, 6) is -1.33. The van der Waals surface area contributed by atoms with Gasteiger partial charge >= 0.3 is 12.1 Å². The molecule has 1 atom stereocenters. The second kappa shape index (κ2) is 11.3. The Labute approximate surface area is 186 Å². The maximum Gasteiger partial charge on any atom is 0.407 e. The molecular weight excluding hydrogens is 412 g/mol. The molecule has 0 unspecified atom stereocenters. The Balaban J connectivity index is 1.47. The van der Waals surface area contributed by atoms with Crippen molar-refractivity contribution in [2.45, 2.75) is 31.7 Å². The Hall–Kier alpha value is -3.39. The number of carboxylic acids is 1. The predicted molar refractivity (Wildman–Crippen MR) is 118 cm³/mol. The van der Waals surface area contributed by atoms with Crippen LogP contribution in [0, 0.1) is 0 Å². The Morgan fingerprint density at radius 3 is 2.22 bits per heavy atom. The molecule has 0 saturated carbocycles. The maximum atomic E-state index is 12.4. The number of ether oxygens (including phenoxy) is 2. The van der Waals surface area contributed by atoms with E-state index in [2.05, 4.69) is 22.8 Å². The van der Waals surface area contributed by atoms with Gasteiger partial charge in [-0.1, -0.05) is 55.5 Å². The topological polar surface area (TPSA) is 114 Å². The average Bonchev–Trinajstić information content (AvgIpc) is 3.11. The molecule has 8 heteroatoms. The van der Waals surface area contributed by atoms with E-state index in [4.69, 9.17) is 14.6 Å². The predicted octanol–water partition coefficient (Wildman–Crippen LogP) is 2.91. The van der Waals surface area contributed by atoms with Crippen LogP contribution in [0.1, 0.15) is 36.8 Å². The molecule has 0 spiro atoms. The van der Waals surface area contributed by atoms with Gasteiger partial charge in [0.25, 0.3) is 0 Å². The van der Waals surface area contributed by atoms with Gasteiger partial charge in [0.05, 0.1) is 19.6 Å². The first-order chi connectivity index (χ1) is 15.5. The van der Waals surface area contributed by atoms with Gasteiger partial charge in [-0.3, -0.25) is 9.59 Å². The van der Waals surface area contributed by atoms with Crippen molar-refractivity contribution in [3.05, 3.63) is 59.7 Å². The Morgan fingerprint density at radius 2 is 1.62 bits per heavy atom. The summed E-state index contributed by atoms with van der Waals surface area (Å²) < 4.78 is 10.6. The minimum Gasteiger partial charge on any atom is -0.481 e. The lowest BCUT2D eigenvalue weighted by atomic mass is 9.98. The number of alkyl carbamates (subject to hydrolysis) is 1. The number of hydrogen-bond acceptors (Lipinski definition) is 5. The molecule has 2 aromatic carbocycles. The van der Waals surface area contributed by atoms with Crippen molar-refractivity contribution in [3.63, 3.8) is 0 Å². The first-order valence-corrected chi connectivity index (χ1v) is 10.7. The highest BCUT2D eigenvalue weighted by atomic mass is 16.5. The van der Waals surface area contributed by atoms with Crippen molar-refractivity contribution >= 4 is 18.0 Å². The van der Waals surface area contributed by atoms with Crippen molar-refractivity contribution in [1.82, 2.24) is 10.6 Å². The Morgan fingerprint density at radius 1 is 1.00 bits per heavy atom. The quantitative estimate of drug-likeness (QED) is 0.463. The molecule has 3 N–H and O–H groups in total. The second-order valence-electron chi connectivity index (χ2n) is 7.48. The number of fused-ring (bicyclic) bond motifs is 3. The zero-order chi connectivity index (χ0) is 22.9. The fraction of sp³-hybridized carbons (Fsp3) is 0.375. The second-order valence-corrected chi connectivity index (χ2v) is 7.48. The van der Waals surface area contributed by atoms with E-state index < -0.39 is 18.1 Å². The fourth-order valence-electron chi connectivity index (χ4n) is 3.77. The summed E-state index contributed by atoms with van der Waals surface area (Å²) in [6.07, 6.45) is -0.336. The van der Waals surface area contributed by atoms with E-state index in [-0.39, 0.29) is 44.6 Å². The zero-order valence-electron chi connectivity index (χ0n) is 18.0. The maximum absolute atomic E-state index is 12.4. The molecule has 170 valence electrons. The van der Waals surface area contributed by atoms with Crippen LogP contribution in [-0.4, -0.2) is 55.5 Å². The summed E-state index contributed by atoms with van der Waals surface area (Å²) in [7, 11) is 0. The van der Waals surface area contributed by atoms with Gasteiger partial charge in [0.15, 0.2) is 0 Å². The lowest BCUT2D eigenvalue weighted by Gasteiger charge is -2.18. The van der Waals surface area contributed by atoms with Crippen LogP contribution in [0.15, 0.2) is 48.5 Å². The number of carbonyl (C=O) groups is 3. The molecule has 0 aromatic heterocycles. The highest BCUT2D eigenvalue weighted by Gasteiger charge is 2.29. The molecule has 2 aromatic rings. The van der Waals surface area contributed by atoms with Crippen LogP contribution in [0.2, 0.25) is 0 Å². The first-order valence-electron chi connectivity index (χ1n) is 10.7. The minimum atomic E-state index is -0.938. The highest BCUT2D eigenvalue weighted by Crippen LogP contribution is 2.44. The number of benzene rings is 2. The van der Waals surface area contributed by atoms with E-state index in [0.29, 0.717) is 6.42 Å². The molecule has 0 heterocycles. The summed E-state index contributed by atoms with van der Waals surface area (Å²) in [4.78, 5) is 35.1. The summed E-state index contributed by atoms with van der Waals surface area (Å²) in [6.45, 7) is 2.47. The summed E-state index contributed by atoms with van der Waals surface area (Å²) in [6, 6.07) is 15.4. The van der Waals surface area contributed by atoms with Gasteiger partial charge in [-0.25, -0.2) is 4.79 Å². The van der Waals surface area contributed by atoms with E-state index in [1.807, 2.05) is 36.4 Å². The third-order valence-electron chi connectivity index (χ3n) is 5.37. The van der Waals surface area contributed by atoms with E-state index in [0.717, 1.165) is 22.3 Å². The number of hydrogen-bond donors (Lipinski definition) is 3. The van der Waals surface area contributed by atoms with Crippen LogP contribution >= 0.6 is 0 Å². The van der Waals surface area contributed by atoms with Crippen LogP contribution in [0.5, 0.6) is 0 Å². The summed E-state index contributed by atoms with van der Waals surface area (Å²) in [5.41, 5.74) is 4.53. The number of nitrogens with one attached hydrogen (secondary N) is 2. The van der Waals surface area contributed by atoms with Crippen molar-refractivity contribution in [2.75, 3.05) is 26.4 Å². The molecule has 1 aliphatic rings. The van der Waals surface area contributed by atoms with Gasteiger partial charge in [0, 0.05) is 12.5 Å². The number of rotatable bonds is 11. The van der Waals surface area contributed by atoms with E-state index in [1.54, 1.807) is 6.92 Å². The van der Waals surface area contributed by atoms with Crippen molar-refractivity contribution in [1.29, 1.82) is 0 Å². The number of carboxylic acid groups (broad SMARTS) is 1. The number of amides is 2. The molecule has 0 bridgehead atoms. The molecule has 0 radical (unpaired) electrons. The van der Waals surface area contributed by atoms with Crippen molar-refractivity contribution in [3.8, 4) is 11.1 Å². The monoisotopic (exact) mass is 440 g/mol. The number of carbonyl (C=O) groups excluding carboxylic acids is 2. The molecular formula is C24H28N2O6. The molecule has 32 heavy (non-hydrogen) atoms. The largest absolute Gasteiger partial charge is 0.481 e. The number of aliphatic carboxylic acids is 1. The van der Waals surface area contributed by atoms with Gasteiger partial charge in [-0.2, -0.15) is 0 Å². The van der Waals surface area contributed by atoms with Gasteiger partial charge in [-0.05, 0) is 28.7 Å². The lowest BCUT2D eigenvalue weighted by molar-refractivity contribution is -0.138. The fourth-order valence-corrected chi connectivity index (χ4v) is 3.77. The van der Waals surface area contributed by atoms with E-state index in [1.165, 1.54) is 0 Å². The summed E-state index contributed by atoms with van der Waals surface area (Å²) in [5, 5.41) is 13.8. The summed E-state index contributed by atoms with van der Waals surface area (Å²) >= 11 is 0. The third kappa shape index (κ3) is 5.85. The Kier molecular flexibility index (Phi) is 8.21. The van der Waals surface area contributed by atoms with Gasteiger partial charge in [-0.15, -0.1) is 0 Å². The third-order valence-corrected chi connectivity index (χ3v) is 5.37. The Bertz CT molecular complexity index is 916. The molecule has 2 amide bonds. The van der Waals surface area contributed by atoms with Crippen molar-refractivity contribution in [2.24, 2.45) is 0 Å². The molecule has 1 aliphatic carbocycles. The van der Waals surface area contributed by atoms with Gasteiger partial charge in [0.1, 0.15) is 12.6 Å². The lowest BCUT2D eigenvalue weighted by Crippen LogP contribution is -2.47. The van der Waals surface area contributed by atoms with Crippen LogP contribution in [0.4, 0.5) is 4.79 Å².